The lowest BCUT2D eigenvalue weighted by atomic mass is 10.2. The van der Waals surface area contributed by atoms with Gasteiger partial charge in [-0.3, -0.25) is 9.59 Å². The third-order valence-electron chi connectivity index (χ3n) is 3.43. The maximum Gasteiger partial charge on any atom is 0.239 e. The molecule has 0 aliphatic carbocycles. The topological polar surface area (TPSA) is 49.4 Å². The summed E-state index contributed by atoms with van der Waals surface area (Å²) in [6, 6.07) is 16.9. The Bertz CT molecular complexity index is 674. The molecule has 0 aliphatic heterocycles. The minimum Gasteiger partial charge on any atom is -0.350 e. The van der Waals surface area contributed by atoms with Crippen LogP contribution in [0, 0.1) is 0 Å². The van der Waals surface area contributed by atoms with Gasteiger partial charge in [-0.15, -0.1) is 0 Å². The Morgan fingerprint density at radius 3 is 2.35 bits per heavy atom. The summed E-state index contributed by atoms with van der Waals surface area (Å²) in [5.41, 5.74) is 1.83. The zero-order valence-corrected chi connectivity index (χ0v) is 13.7. The average Bonchev–Trinajstić information content (AvgIpc) is 2.54. The third kappa shape index (κ3) is 5.42. The Balaban J connectivity index is 1.91. The second-order valence-corrected chi connectivity index (χ2v) is 5.64. The fraction of sp³-hybridized carbons (Fsp3) is 0.222. The molecule has 1 N–H and O–H groups in total. The van der Waals surface area contributed by atoms with Gasteiger partial charge in [0.1, 0.15) is 0 Å². The van der Waals surface area contributed by atoms with E-state index in [1.807, 2.05) is 48.5 Å². The van der Waals surface area contributed by atoms with Crippen molar-refractivity contribution in [2.75, 3.05) is 6.54 Å². The monoisotopic (exact) mass is 330 g/mol. The van der Waals surface area contributed by atoms with Crippen LogP contribution >= 0.6 is 11.6 Å². The first kappa shape index (κ1) is 17.0. The van der Waals surface area contributed by atoms with E-state index in [4.69, 9.17) is 11.6 Å². The molecule has 0 aromatic heterocycles. The van der Waals surface area contributed by atoms with E-state index in [0.717, 1.165) is 11.1 Å². The van der Waals surface area contributed by atoms with Crippen molar-refractivity contribution >= 4 is 23.4 Å². The van der Waals surface area contributed by atoms with Crippen LogP contribution in [-0.2, 0) is 22.7 Å². The molecule has 2 amide bonds. The van der Waals surface area contributed by atoms with Gasteiger partial charge in [-0.05, 0) is 17.2 Å². The Morgan fingerprint density at radius 1 is 1.04 bits per heavy atom. The highest BCUT2D eigenvalue weighted by atomic mass is 35.5. The summed E-state index contributed by atoms with van der Waals surface area (Å²) in [5, 5.41) is 3.41. The normalized spacial score (nSPS) is 10.2. The Hall–Kier alpha value is -2.33. The van der Waals surface area contributed by atoms with Crippen molar-refractivity contribution in [3.05, 3.63) is 70.7 Å². The predicted molar refractivity (Wildman–Crippen MR) is 90.8 cm³/mol. The number of carbonyl (C=O) groups excluding carboxylic acids is 2. The fourth-order valence-corrected chi connectivity index (χ4v) is 2.35. The van der Waals surface area contributed by atoms with Crippen LogP contribution in [0.4, 0.5) is 0 Å². The summed E-state index contributed by atoms with van der Waals surface area (Å²) in [7, 11) is 0. The van der Waals surface area contributed by atoms with Gasteiger partial charge in [-0.25, -0.2) is 0 Å². The number of nitrogens with zero attached hydrogens (tertiary/aromatic N) is 1. The van der Waals surface area contributed by atoms with E-state index in [1.165, 1.54) is 11.8 Å². The first-order chi connectivity index (χ1) is 11.1. The second kappa shape index (κ2) is 8.34. The Labute approximate surface area is 141 Å². The number of benzene rings is 2. The van der Waals surface area contributed by atoms with Crippen LogP contribution in [0.25, 0.3) is 0 Å². The van der Waals surface area contributed by atoms with Gasteiger partial charge in [-0.1, -0.05) is 60.1 Å². The fourth-order valence-electron chi connectivity index (χ4n) is 2.15. The van der Waals surface area contributed by atoms with Crippen molar-refractivity contribution in [2.45, 2.75) is 20.0 Å². The molecule has 2 aromatic rings. The largest absolute Gasteiger partial charge is 0.350 e. The van der Waals surface area contributed by atoms with Gasteiger partial charge in [0.05, 0.1) is 6.54 Å². The van der Waals surface area contributed by atoms with Crippen molar-refractivity contribution < 1.29 is 9.59 Å². The molecule has 0 unspecified atom stereocenters. The van der Waals surface area contributed by atoms with Crippen molar-refractivity contribution in [3.63, 3.8) is 0 Å². The van der Waals surface area contributed by atoms with Gasteiger partial charge >= 0.3 is 0 Å². The molecule has 120 valence electrons. The number of carbonyl (C=O) groups is 2. The third-order valence-corrected chi connectivity index (χ3v) is 3.80. The number of amides is 2. The van der Waals surface area contributed by atoms with Crippen LogP contribution in [0.2, 0.25) is 5.02 Å². The maximum absolute atomic E-state index is 12.1. The molecule has 0 saturated carbocycles. The summed E-state index contributed by atoms with van der Waals surface area (Å²) >= 11 is 6.06. The van der Waals surface area contributed by atoms with Crippen molar-refractivity contribution in [3.8, 4) is 0 Å². The molecule has 0 fully saturated rings. The van der Waals surface area contributed by atoms with Gasteiger partial charge in [0.25, 0.3) is 0 Å². The van der Waals surface area contributed by atoms with E-state index >= 15 is 0 Å². The number of hydrogen-bond acceptors (Lipinski definition) is 2. The van der Waals surface area contributed by atoms with Crippen LogP contribution in [0.3, 0.4) is 0 Å². The molecule has 23 heavy (non-hydrogen) atoms. The van der Waals surface area contributed by atoms with Gasteiger partial charge in [0.2, 0.25) is 11.8 Å². The molecule has 0 radical (unpaired) electrons. The lowest BCUT2D eigenvalue weighted by Gasteiger charge is -2.20. The Morgan fingerprint density at radius 2 is 1.70 bits per heavy atom. The number of nitrogens with one attached hydrogen (secondary N) is 1. The minimum absolute atomic E-state index is 0.0225. The van der Waals surface area contributed by atoms with Crippen LogP contribution in [0.15, 0.2) is 54.6 Å². The number of rotatable bonds is 6. The zero-order chi connectivity index (χ0) is 16.7. The zero-order valence-electron chi connectivity index (χ0n) is 13.0. The molecule has 5 heteroatoms. The molecule has 0 atom stereocenters. The van der Waals surface area contributed by atoms with E-state index < -0.39 is 0 Å². The van der Waals surface area contributed by atoms with Crippen molar-refractivity contribution in [2.24, 2.45) is 0 Å². The summed E-state index contributed by atoms with van der Waals surface area (Å²) in [4.78, 5) is 25.3. The maximum atomic E-state index is 12.1. The lowest BCUT2D eigenvalue weighted by molar-refractivity contribution is -0.135. The van der Waals surface area contributed by atoms with Crippen molar-refractivity contribution in [1.29, 1.82) is 0 Å². The summed E-state index contributed by atoms with van der Waals surface area (Å²) in [6.45, 7) is 2.24. The number of hydrogen-bond donors (Lipinski definition) is 1. The first-order valence-electron chi connectivity index (χ1n) is 7.36. The molecule has 0 heterocycles. The molecular formula is C18H19ClN2O2. The van der Waals surface area contributed by atoms with E-state index in [2.05, 4.69) is 5.32 Å². The van der Waals surface area contributed by atoms with Gasteiger partial charge in [0.15, 0.2) is 0 Å². The predicted octanol–water partition coefficient (Wildman–Crippen LogP) is 3.00. The molecule has 0 bridgehead atoms. The first-order valence-corrected chi connectivity index (χ1v) is 7.73. The molecule has 2 rings (SSSR count). The highest BCUT2D eigenvalue weighted by Crippen LogP contribution is 2.14. The van der Waals surface area contributed by atoms with Crippen LogP contribution < -0.4 is 5.32 Å². The molecule has 2 aromatic carbocycles. The smallest absolute Gasteiger partial charge is 0.239 e. The van der Waals surface area contributed by atoms with E-state index in [-0.39, 0.29) is 18.4 Å². The molecular weight excluding hydrogens is 312 g/mol. The van der Waals surface area contributed by atoms with Crippen LogP contribution in [0.1, 0.15) is 18.1 Å². The highest BCUT2D eigenvalue weighted by Gasteiger charge is 2.14. The van der Waals surface area contributed by atoms with Crippen LogP contribution in [-0.4, -0.2) is 23.3 Å². The Kier molecular flexibility index (Phi) is 6.18. The quantitative estimate of drug-likeness (QED) is 0.885. The minimum atomic E-state index is -0.212. The second-order valence-electron chi connectivity index (χ2n) is 5.23. The lowest BCUT2D eigenvalue weighted by Crippen LogP contribution is -2.39. The molecule has 0 saturated heterocycles. The van der Waals surface area contributed by atoms with Crippen molar-refractivity contribution in [1.82, 2.24) is 10.2 Å². The summed E-state index contributed by atoms with van der Waals surface area (Å²) in [5.74, 6) is -0.349. The summed E-state index contributed by atoms with van der Waals surface area (Å²) in [6.07, 6.45) is 0. The highest BCUT2D eigenvalue weighted by molar-refractivity contribution is 6.31. The molecule has 0 aliphatic rings. The van der Waals surface area contributed by atoms with E-state index in [0.29, 0.717) is 18.1 Å². The van der Waals surface area contributed by atoms with Crippen LogP contribution in [0.5, 0.6) is 0 Å². The average molecular weight is 331 g/mol. The number of halogens is 1. The standard InChI is InChI=1S/C18H19ClN2O2/c1-14(22)21(12-15-7-3-2-4-8-15)13-18(23)20-11-16-9-5-6-10-17(16)19/h2-10H,11-13H2,1H3,(H,20,23). The van der Waals surface area contributed by atoms with E-state index in [9.17, 15) is 9.59 Å². The van der Waals surface area contributed by atoms with E-state index in [1.54, 1.807) is 6.07 Å². The summed E-state index contributed by atoms with van der Waals surface area (Å²) < 4.78 is 0. The van der Waals surface area contributed by atoms with Gasteiger partial charge in [-0.2, -0.15) is 0 Å². The van der Waals surface area contributed by atoms with Gasteiger partial charge < -0.3 is 10.2 Å². The SMILES string of the molecule is CC(=O)N(CC(=O)NCc1ccccc1Cl)Cc1ccccc1. The molecule has 0 spiro atoms. The van der Waals surface area contributed by atoms with Gasteiger partial charge in [0, 0.05) is 25.0 Å². The molecule has 4 nitrogen and oxygen atoms in total.